The number of nitrogens with one attached hydrogen (secondary N) is 1. The van der Waals surface area contributed by atoms with Crippen LogP contribution in [-0.4, -0.2) is 30.3 Å². The van der Waals surface area contributed by atoms with Gasteiger partial charge >= 0.3 is 5.69 Å². The standard InChI is InChI=1S/C16H23N3O5/c1-5-6-7-15(20)18-17-10-12-8-13(19(21)22)16(24-11(2)3)14(9-12)23-4/h8-11H,5-7H2,1-4H3,(H,18,20)/b17-10+. The molecule has 1 aromatic carbocycles. The Bertz CT molecular complexity index is 614. The Balaban J connectivity index is 3.02. The number of amides is 1. The van der Waals surface area contributed by atoms with Gasteiger partial charge in [-0.2, -0.15) is 5.10 Å². The van der Waals surface area contributed by atoms with Crippen LogP contribution >= 0.6 is 0 Å². The van der Waals surface area contributed by atoms with Crippen molar-refractivity contribution in [2.75, 3.05) is 7.11 Å². The third-order valence-corrected chi connectivity index (χ3v) is 2.99. The fourth-order valence-corrected chi connectivity index (χ4v) is 1.90. The first-order valence-corrected chi connectivity index (χ1v) is 7.74. The van der Waals surface area contributed by atoms with Crippen LogP contribution in [0.25, 0.3) is 0 Å². The minimum atomic E-state index is -0.544. The maximum absolute atomic E-state index is 11.5. The number of nitro benzene ring substituents is 1. The Hall–Kier alpha value is -2.64. The molecule has 0 atom stereocenters. The van der Waals surface area contributed by atoms with E-state index in [1.165, 1.54) is 19.4 Å². The van der Waals surface area contributed by atoms with E-state index >= 15 is 0 Å². The molecule has 0 spiro atoms. The zero-order valence-electron chi connectivity index (χ0n) is 14.4. The smallest absolute Gasteiger partial charge is 0.315 e. The monoisotopic (exact) mass is 337 g/mol. The molecule has 0 fully saturated rings. The van der Waals surface area contributed by atoms with Crippen LogP contribution in [0.5, 0.6) is 11.5 Å². The number of ether oxygens (including phenoxy) is 2. The minimum absolute atomic E-state index is 0.0710. The summed E-state index contributed by atoms with van der Waals surface area (Å²) >= 11 is 0. The highest BCUT2D eigenvalue weighted by Crippen LogP contribution is 2.38. The summed E-state index contributed by atoms with van der Waals surface area (Å²) in [7, 11) is 1.40. The van der Waals surface area contributed by atoms with Crippen molar-refractivity contribution in [1.82, 2.24) is 5.43 Å². The summed E-state index contributed by atoms with van der Waals surface area (Å²) in [6.45, 7) is 5.53. The zero-order chi connectivity index (χ0) is 18.1. The highest BCUT2D eigenvalue weighted by Gasteiger charge is 2.22. The Labute approximate surface area is 141 Å². The summed E-state index contributed by atoms with van der Waals surface area (Å²) in [6.07, 6.45) is 3.17. The highest BCUT2D eigenvalue weighted by atomic mass is 16.6. The number of hydrazone groups is 1. The lowest BCUT2D eigenvalue weighted by Crippen LogP contribution is -2.16. The number of unbranched alkanes of at least 4 members (excludes halogenated alkanes) is 1. The van der Waals surface area contributed by atoms with Crippen LogP contribution in [0.15, 0.2) is 17.2 Å². The van der Waals surface area contributed by atoms with Crippen LogP contribution in [-0.2, 0) is 4.79 Å². The van der Waals surface area contributed by atoms with Gasteiger partial charge in [0.1, 0.15) is 0 Å². The largest absolute Gasteiger partial charge is 0.493 e. The molecule has 1 aromatic rings. The number of hydrogen-bond acceptors (Lipinski definition) is 6. The third kappa shape index (κ3) is 5.86. The first-order valence-electron chi connectivity index (χ1n) is 7.74. The second kappa shape index (κ2) is 9.49. The number of carbonyl (C=O) groups is 1. The van der Waals surface area contributed by atoms with Crippen molar-refractivity contribution in [3.05, 3.63) is 27.8 Å². The Morgan fingerprint density at radius 3 is 2.71 bits per heavy atom. The van der Waals surface area contributed by atoms with E-state index in [4.69, 9.17) is 9.47 Å². The summed E-state index contributed by atoms with van der Waals surface area (Å²) < 4.78 is 10.7. The van der Waals surface area contributed by atoms with Gasteiger partial charge in [-0.25, -0.2) is 5.43 Å². The lowest BCUT2D eigenvalue weighted by molar-refractivity contribution is -0.386. The van der Waals surface area contributed by atoms with Gasteiger partial charge in [0.15, 0.2) is 5.75 Å². The van der Waals surface area contributed by atoms with Crippen molar-refractivity contribution in [2.45, 2.75) is 46.1 Å². The molecule has 8 nitrogen and oxygen atoms in total. The van der Waals surface area contributed by atoms with Gasteiger partial charge in [-0.3, -0.25) is 14.9 Å². The van der Waals surface area contributed by atoms with Gasteiger partial charge in [-0.1, -0.05) is 13.3 Å². The molecule has 0 aliphatic heterocycles. The summed E-state index contributed by atoms with van der Waals surface area (Å²) in [4.78, 5) is 22.2. The first-order chi connectivity index (χ1) is 11.4. The molecular formula is C16H23N3O5. The quantitative estimate of drug-likeness (QED) is 0.424. The van der Waals surface area contributed by atoms with E-state index in [9.17, 15) is 14.9 Å². The molecule has 1 amide bonds. The summed E-state index contributed by atoms with van der Waals surface area (Å²) in [5.74, 6) is 0.104. The molecule has 24 heavy (non-hydrogen) atoms. The third-order valence-electron chi connectivity index (χ3n) is 2.99. The van der Waals surface area contributed by atoms with E-state index in [-0.39, 0.29) is 29.2 Å². The minimum Gasteiger partial charge on any atom is -0.493 e. The molecule has 0 bridgehead atoms. The lowest BCUT2D eigenvalue weighted by Gasteiger charge is -2.14. The van der Waals surface area contributed by atoms with E-state index < -0.39 is 4.92 Å². The van der Waals surface area contributed by atoms with Gasteiger partial charge in [0.05, 0.1) is 24.4 Å². The molecule has 1 N–H and O–H groups in total. The number of benzene rings is 1. The van der Waals surface area contributed by atoms with Gasteiger partial charge in [0.25, 0.3) is 0 Å². The second-order valence-electron chi connectivity index (χ2n) is 5.39. The average molecular weight is 337 g/mol. The molecule has 0 aliphatic rings. The van der Waals surface area contributed by atoms with Crippen molar-refractivity contribution in [2.24, 2.45) is 5.10 Å². The van der Waals surface area contributed by atoms with Crippen LogP contribution < -0.4 is 14.9 Å². The maximum atomic E-state index is 11.5. The van der Waals surface area contributed by atoms with E-state index in [2.05, 4.69) is 10.5 Å². The summed E-state index contributed by atoms with van der Waals surface area (Å²) in [5.41, 5.74) is 2.59. The van der Waals surface area contributed by atoms with E-state index in [0.717, 1.165) is 12.8 Å². The molecule has 0 unspecified atom stereocenters. The number of hydrogen-bond donors (Lipinski definition) is 1. The molecular weight excluding hydrogens is 314 g/mol. The van der Waals surface area contributed by atoms with Crippen molar-refractivity contribution in [1.29, 1.82) is 0 Å². The van der Waals surface area contributed by atoms with Crippen LogP contribution in [0.4, 0.5) is 5.69 Å². The van der Waals surface area contributed by atoms with Crippen molar-refractivity contribution < 1.29 is 19.2 Å². The predicted molar refractivity (Wildman–Crippen MR) is 90.7 cm³/mol. The van der Waals surface area contributed by atoms with E-state index in [0.29, 0.717) is 12.0 Å². The summed E-state index contributed by atoms with van der Waals surface area (Å²) in [5, 5.41) is 15.1. The number of methoxy groups -OCH3 is 1. The van der Waals surface area contributed by atoms with Crippen LogP contribution in [0.2, 0.25) is 0 Å². The van der Waals surface area contributed by atoms with Crippen molar-refractivity contribution in [3.63, 3.8) is 0 Å². The first kappa shape index (κ1) is 19.4. The Morgan fingerprint density at radius 1 is 1.46 bits per heavy atom. The maximum Gasteiger partial charge on any atom is 0.315 e. The van der Waals surface area contributed by atoms with Crippen LogP contribution in [0.3, 0.4) is 0 Å². The molecule has 1 rings (SSSR count). The zero-order valence-corrected chi connectivity index (χ0v) is 14.4. The molecule has 0 heterocycles. The topological polar surface area (TPSA) is 103 Å². The fourth-order valence-electron chi connectivity index (χ4n) is 1.90. The van der Waals surface area contributed by atoms with Crippen molar-refractivity contribution in [3.8, 4) is 11.5 Å². The van der Waals surface area contributed by atoms with Gasteiger partial charge in [-0.05, 0) is 26.3 Å². The summed E-state index contributed by atoms with van der Waals surface area (Å²) in [6, 6.07) is 2.88. The van der Waals surface area contributed by atoms with Gasteiger partial charge < -0.3 is 9.47 Å². The molecule has 0 radical (unpaired) electrons. The number of nitro groups is 1. The molecule has 0 saturated carbocycles. The second-order valence-corrected chi connectivity index (χ2v) is 5.39. The number of rotatable bonds is 9. The lowest BCUT2D eigenvalue weighted by atomic mass is 10.2. The predicted octanol–water partition coefficient (Wildman–Crippen LogP) is 3.03. The van der Waals surface area contributed by atoms with Crippen LogP contribution in [0.1, 0.15) is 45.6 Å². The van der Waals surface area contributed by atoms with Gasteiger partial charge in [0.2, 0.25) is 11.7 Å². The average Bonchev–Trinajstić information content (AvgIpc) is 2.53. The number of nitrogens with zero attached hydrogens (tertiary/aromatic N) is 2. The van der Waals surface area contributed by atoms with Gasteiger partial charge in [0, 0.05) is 18.1 Å². The molecule has 132 valence electrons. The fraction of sp³-hybridized carbons (Fsp3) is 0.500. The van der Waals surface area contributed by atoms with Crippen LogP contribution in [0, 0.1) is 10.1 Å². The van der Waals surface area contributed by atoms with Crippen molar-refractivity contribution >= 4 is 17.8 Å². The van der Waals surface area contributed by atoms with E-state index in [1.54, 1.807) is 19.9 Å². The molecule has 0 aliphatic carbocycles. The Kier molecular flexibility index (Phi) is 7.67. The normalized spacial score (nSPS) is 10.9. The molecule has 8 heteroatoms. The van der Waals surface area contributed by atoms with E-state index in [1.807, 2.05) is 6.92 Å². The molecule has 0 aromatic heterocycles. The Morgan fingerprint density at radius 2 is 2.17 bits per heavy atom. The SMILES string of the molecule is CCCCC(=O)N/N=C/c1cc(OC)c(OC(C)C)c([N+](=O)[O-])c1. The molecule has 0 saturated heterocycles. The highest BCUT2D eigenvalue weighted by molar-refractivity contribution is 5.85. The van der Waals surface area contributed by atoms with Gasteiger partial charge in [-0.15, -0.1) is 0 Å². The number of carbonyl (C=O) groups excluding carboxylic acids is 1.